The molecule has 0 spiro atoms. The molecule has 0 aliphatic carbocycles. The Balaban J connectivity index is 4.03. The Morgan fingerprint density at radius 3 is 0.610 bits per heavy atom. The molecule has 0 aliphatic heterocycles. The van der Waals surface area contributed by atoms with Gasteiger partial charge in [-0.3, -0.25) is 14.4 Å². The molecule has 0 radical (unpaired) electrons. The fourth-order valence-electron chi connectivity index (χ4n) is 11.9. The normalized spacial score (nSPS) is 12.0. The average Bonchev–Trinajstić information content (AvgIpc) is 3.48. The van der Waals surface area contributed by atoms with E-state index in [0.29, 0.717) is 19.3 Å². The third-order valence-corrected chi connectivity index (χ3v) is 17.5. The molecule has 486 valence electrons. The van der Waals surface area contributed by atoms with Crippen molar-refractivity contribution < 1.29 is 28.6 Å². The van der Waals surface area contributed by atoms with Crippen LogP contribution in [0.15, 0.2) is 12.2 Å². The maximum Gasteiger partial charge on any atom is 0.306 e. The number of ether oxygens (including phenoxy) is 3. The summed E-state index contributed by atoms with van der Waals surface area (Å²) >= 11 is 0. The monoisotopic (exact) mass is 1160 g/mol. The highest BCUT2D eigenvalue weighted by Gasteiger charge is 2.20. The highest BCUT2D eigenvalue weighted by Crippen LogP contribution is 2.20. The van der Waals surface area contributed by atoms with Gasteiger partial charge in [-0.2, -0.15) is 0 Å². The quantitative estimate of drug-likeness (QED) is 0.0261. The topological polar surface area (TPSA) is 78.9 Å². The fraction of sp³-hybridized carbons (Fsp3) is 0.934. The zero-order valence-electron chi connectivity index (χ0n) is 56.1. The summed E-state index contributed by atoms with van der Waals surface area (Å²) in [7, 11) is 0. The second-order valence-electron chi connectivity index (χ2n) is 25.9. The highest BCUT2D eigenvalue weighted by molar-refractivity contribution is 5.71. The van der Waals surface area contributed by atoms with E-state index in [9.17, 15) is 14.4 Å². The van der Waals surface area contributed by atoms with Crippen LogP contribution in [0.1, 0.15) is 438 Å². The van der Waals surface area contributed by atoms with Gasteiger partial charge in [-0.25, -0.2) is 0 Å². The van der Waals surface area contributed by atoms with E-state index in [1.165, 1.54) is 340 Å². The maximum absolute atomic E-state index is 12.9. The summed E-state index contributed by atoms with van der Waals surface area (Å²) in [6.45, 7) is 6.73. The lowest BCUT2D eigenvalue weighted by Crippen LogP contribution is -2.30. The molecule has 82 heavy (non-hydrogen) atoms. The first kappa shape index (κ1) is 80.2. The summed E-state index contributed by atoms with van der Waals surface area (Å²) in [6.07, 6.45) is 87.0. The molecule has 0 N–H and O–H groups in total. The van der Waals surface area contributed by atoms with Crippen LogP contribution in [0.4, 0.5) is 0 Å². The van der Waals surface area contributed by atoms with Crippen molar-refractivity contribution in [3.05, 3.63) is 12.2 Å². The van der Waals surface area contributed by atoms with Crippen molar-refractivity contribution in [1.29, 1.82) is 0 Å². The van der Waals surface area contributed by atoms with Crippen molar-refractivity contribution >= 4 is 17.9 Å². The first-order valence-corrected chi connectivity index (χ1v) is 37.7. The highest BCUT2D eigenvalue weighted by atomic mass is 16.6. The van der Waals surface area contributed by atoms with E-state index in [2.05, 4.69) is 32.9 Å². The molecule has 1 unspecified atom stereocenters. The van der Waals surface area contributed by atoms with Crippen molar-refractivity contribution in [2.75, 3.05) is 13.2 Å². The van der Waals surface area contributed by atoms with E-state index in [4.69, 9.17) is 14.2 Å². The average molecular weight is 1160 g/mol. The number of hydrogen-bond donors (Lipinski definition) is 0. The molecule has 6 heteroatoms. The van der Waals surface area contributed by atoms with Crippen molar-refractivity contribution in [2.24, 2.45) is 0 Å². The van der Waals surface area contributed by atoms with Crippen molar-refractivity contribution in [2.45, 2.75) is 444 Å². The van der Waals surface area contributed by atoms with Gasteiger partial charge in [0.1, 0.15) is 13.2 Å². The molecule has 0 aromatic rings. The number of esters is 3. The van der Waals surface area contributed by atoms with Crippen LogP contribution < -0.4 is 0 Å². The Bertz CT molecular complexity index is 1280. The Morgan fingerprint density at radius 1 is 0.232 bits per heavy atom. The zero-order chi connectivity index (χ0) is 59.2. The summed E-state index contributed by atoms with van der Waals surface area (Å²) < 4.78 is 17.0. The van der Waals surface area contributed by atoms with Crippen LogP contribution in [0.5, 0.6) is 0 Å². The molecule has 0 amide bonds. The number of unbranched alkanes of at least 4 members (excludes halogenated alkanes) is 58. The second-order valence-corrected chi connectivity index (χ2v) is 25.9. The predicted octanol–water partition coefficient (Wildman–Crippen LogP) is 26.0. The SMILES string of the molecule is CCCCCCCCCC/C=C\CCCCCCCCCCCCCCCCCCCCCCCCCC(=O)OCC(COC(=O)CCCCCCCCCCCCCCCC)OC(=O)CCCCCCCCCCCCCCCCC. The molecule has 1 atom stereocenters. The van der Waals surface area contributed by atoms with Crippen LogP contribution >= 0.6 is 0 Å². The van der Waals surface area contributed by atoms with E-state index in [1.807, 2.05) is 0 Å². The molecule has 6 nitrogen and oxygen atoms in total. The molecule has 0 aromatic carbocycles. The van der Waals surface area contributed by atoms with E-state index in [-0.39, 0.29) is 31.1 Å². The summed E-state index contributed by atoms with van der Waals surface area (Å²) in [5, 5.41) is 0. The lowest BCUT2D eigenvalue weighted by Gasteiger charge is -2.18. The lowest BCUT2D eigenvalue weighted by atomic mass is 10.0. The Morgan fingerprint density at radius 2 is 0.402 bits per heavy atom. The first-order valence-electron chi connectivity index (χ1n) is 37.7. The van der Waals surface area contributed by atoms with Crippen LogP contribution in [0.3, 0.4) is 0 Å². The second kappa shape index (κ2) is 71.6. The minimum atomic E-state index is -0.764. The maximum atomic E-state index is 12.9. The van der Waals surface area contributed by atoms with Gasteiger partial charge in [0.15, 0.2) is 6.10 Å². The van der Waals surface area contributed by atoms with E-state index < -0.39 is 6.10 Å². The van der Waals surface area contributed by atoms with Crippen molar-refractivity contribution in [1.82, 2.24) is 0 Å². The van der Waals surface area contributed by atoms with Gasteiger partial charge in [0.05, 0.1) is 0 Å². The summed E-state index contributed by atoms with van der Waals surface area (Å²) in [4.78, 5) is 38.4. The van der Waals surface area contributed by atoms with E-state index in [1.54, 1.807) is 0 Å². The third kappa shape index (κ3) is 68.9. The minimum Gasteiger partial charge on any atom is -0.462 e. The first-order chi connectivity index (χ1) is 40.5. The van der Waals surface area contributed by atoms with Gasteiger partial charge in [0, 0.05) is 19.3 Å². The summed E-state index contributed by atoms with van der Waals surface area (Å²) in [5.41, 5.74) is 0. The smallest absolute Gasteiger partial charge is 0.306 e. The number of carbonyl (C=O) groups excluding carboxylic acids is 3. The fourth-order valence-corrected chi connectivity index (χ4v) is 11.9. The van der Waals surface area contributed by atoms with Gasteiger partial charge in [0.25, 0.3) is 0 Å². The van der Waals surface area contributed by atoms with Crippen LogP contribution in [0.2, 0.25) is 0 Å². The molecule has 0 fully saturated rings. The zero-order valence-corrected chi connectivity index (χ0v) is 56.1. The van der Waals surface area contributed by atoms with Gasteiger partial charge in [-0.05, 0) is 44.9 Å². The number of allylic oxidation sites excluding steroid dienone is 2. The van der Waals surface area contributed by atoms with E-state index in [0.717, 1.165) is 57.8 Å². The standard InChI is InChI=1S/C76H146O6/c1-4-7-10-13-16-19-22-25-28-29-30-31-32-33-34-35-36-37-38-39-40-41-42-43-44-45-46-47-49-51-54-57-60-63-66-69-75(78)81-72-73(71-80-74(77)68-65-62-59-56-53-50-27-24-21-18-15-12-9-6-3)82-76(79)70-67-64-61-58-55-52-48-26-23-20-17-14-11-8-5-2/h29-30,73H,4-28,31-72H2,1-3H3/b30-29-. The van der Waals surface area contributed by atoms with Crippen LogP contribution in [-0.4, -0.2) is 37.2 Å². The minimum absolute atomic E-state index is 0.0614. The molecule has 0 saturated carbocycles. The van der Waals surface area contributed by atoms with Gasteiger partial charge in [0.2, 0.25) is 0 Å². The molecule has 0 aliphatic rings. The van der Waals surface area contributed by atoms with Gasteiger partial charge in [-0.1, -0.05) is 386 Å². The number of rotatable bonds is 71. The largest absolute Gasteiger partial charge is 0.462 e. The Hall–Kier alpha value is -1.85. The Kier molecular flexibility index (Phi) is 70.0. The molecule has 0 heterocycles. The van der Waals surface area contributed by atoms with Crippen molar-refractivity contribution in [3.63, 3.8) is 0 Å². The van der Waals surface area contributed by atoms with Crippen LogP contribution in [0, 0.1) is 0 Å². The lowest BCUT2D eigenvalue weighted by molar-refractivity contribution is -0.167. The summed E-state index contributed by atoms with van der Waals surface area (Å²) in [5.74, 6) is -0.823. The molecule has 0 bridgehead atoms. The molecular formula is C76H146O6. The molecule has 0 saturated heterocycles. The molecular weight excluding hydrogens is 1010 g/mol. The molecule has 0 rings (SSSR count). The van der Waals surface area contributed by atoms with Crippen LogP contribution in [-0.2, 0) is 28.6 Å². The van der Waals surface area contributed by atoms with Gasteiger partial charge < -0.3 is 14.2 Å². The summed E-state index contributed by atoms with van der Waals surface area (Å²) in [6, 6.07) is 0. The number of hydrogen-bond acceptors (Lipinski definition) is 6. The van der Waals surface area contributed by atoms with Gasteiger partial charge >= 0.3 is 17.9 Å². The number of carbonyl (C=O) groups is 3. The predicted molar refractivity (Wildman–Crippen MR) is 358 cm³/mol. The van der Waals surface area contributed by atoms with E-state index >= 15 is 0 Å². The molecule has 0 aromatic heterocycles. The van der Waals surface area contributed by atoms with Gasteiger partial charge in [-0.15, -0.1) is 0 Å². The van der Waals surface area contributed by atoms with Crippen LogP contribution in [0.25, 0.3) is 0 Å². The Labute approximate surface area is 513 Å². The van der Waals surface area contributed by atoms with Crippen molar-refractivity contribution in [3.8, 4) is 0 Å². The third-order valence-electron chi connectivity index (χ3n) is 17.5.